The summed E-state index contributed by atoms with van der Waals surface area (Å²) in [5, 5.41) is 2.81. The Kier molecular flexibility index (Phi) is 4.62. The van der Waals surface area contributed by atoms with Crippen LogP contribution in [0.4, 0.5) is 11.4 Å². The molecule has 2 N–H and O–H groups in total. The topological polar surface area (TPSA) is 108 Å². The molecule has 2 heterocycles. The summed E-state index contributed by atoms with van der Waals surface area (Å²) in [7, 11) is -3.65. The van der Waals surface area contributed by atoms with Crippen LogP contribution in [-0.4, -0.2) is 38.7 Å². The van der Waals surface area contributed by atoms with Gasteiger partial charge in [0.05, 0.1) is 4.90 Å². The summed E-state index contributed by atoms with van der Waals surface area (Å²) in [5.41, 5.74) is 2.92. The quantitative estimate of drug-likeness (QED) is 0.799. The molecule has 0 aliphatic carbocycles. The molecule has 0 fully saturated rings. The minimum atomic E-state index is -3.65. The highest BCUT2D eigenvalue weighted by molar-refractivity contribution is 7.90. The Bertz CT molecular complexity index is 1160. The van der Waals surface area contributed by atoms with Crippen molar-refractivity contribution in [2.45, 2.75) is 31.2 Å². The zero-order valence-corrected chi connectivity index (χ0v) is 16.8. The zero-order chi connectivity index (χ0) is 20.8. The van der Waals surface area contributed by atoms with Crippen molar-refractivity contribution in [3.63, 3.8) is 0 Å². The molecule has 2 aromatic carbocycles. The van der Waals surface area contributed by atoms with Gasteiger partial charge in [-0.3, -0.25) is 19.3 Å². The maximum atomic E-state index is 12.6. The molecular formula is C20H20N4O4S. The van der Waals surface area contributed by atoms with Crippen molar-refractivity contribution in [2.75, 3.05) is 16.8 Å². The third-order valence-corrected chi connectivity index (χ3v) is 6.38. The molecule has 0 spiro atoms. The van der Waals surface area contributed by atoms with E-state index in [1.54, 1.807) is 36.1 Å². The highest BCUT2D eigenvalue weighted by Gasteiger charge is 2.31. The van der Waals surface area contributed by atoms with Crippen LogP contribution in [0.2, 0.25) is 0 Å². The van der Waals surface area contributed by atoms with Gasteiger partial charge in [0.25, 0.3) is 10.0 Å². The van der Waals surface area contributed by atoms with Crippen molar-refractivity contribution in [1.82, 2.24) is 4.72 Å². The molecule has 9 heteroatoms. The van der Waals surface area contributed by atoms with Crippen molar-refractivity contribution in [1.29, 1.82) is 0 Å². The number of anilines is 2. The van der Waals surface area contributed by atoms with E-state index >= 15 is 0 Å². The lowest BCUT2D eigenvalue weighted by atomic mass is 10.1. The van der Waals surface area contributed by atoms with E-state index in [1.165, 1.54) is 13.0 Å². The summed E-state index contributed by atoms with van der Waals surface area (Å²) < 4.78 is 26.7. The van der Waals surface area contributed by atoms with Crippen LogP contribution >= 0.6 is 0 Å². The van der Waals surface area contributed by atoms with E-state index in [4.69, 9.17) is 0 Å². The van der Waals surface area contributed by atoms with E-state index in [2.05, 4.69) is 15.0 Å². The lowest BCUT2D eigenvalue weighted by Gasteiger charge is -2.15. The Morgan fingerprint density at radius 2 is 1.97 bits per heavy atom. The number of nitrogens with one attached hydrogen (secondary N) is 2. The van der Waals surface area contributed by atoms with Gasteiger partial charge in [-0.25, -0.2) is 8.42 Å². The average Bonchev–Trinajstić information content (AvgIpc) is 3.20. The van der Waals surface area contributed by atoms with Crippen LogP contribution in [0, 0.1) is 0 Å². The Morgan fingerprint density at radius 3 is 2.72 bits per heavy atom. The van der Waals surface area contributed by atoms with Crippen LogP contribution < -0.4 is 14.9 Å². The summed E-state index contributed by atoms with van der Waals surface area (Å²) in [6, 6.07) is 11.1. The number of hydrogen-bond acceptors (Lipinski definition) is 5. The van der Waals surface area contributed by atoms with Gasteiger partial charge in [0.2, 0.25) is 11.8 Å². The molecule has 2 amide bonds. The SMILES string of the molecule is CC(=O)N1CCc2cc(NC(=O)[C@H](C)N=C3NS(=O)(=O)c4ccccc43)ccc21. The summed E-state index contributed by atoms with van der Waals surface area (Å²) in [5.74, 6) is -0.207. The fourth-order valence-corrected chi connectivity index (χ4v) is 4.77. The number of aliphatic imine (C=N–C) groups is 1. The van der Waals surface area contributed by atoms with Crippen LogP contribution in [0.15, 0.2) is 52.4 Å². The number of sulfonamides is 1. The third-order valence-electron chi connectivity index (χ3n) is 4.99. The van der Waals surface area contributed by atoms with Gasteiger partial charge in [-0.2, -0.15) is 0 Å². The van der Waals surface area contributed by atoms with Gasteiger partial charge in [0.15, 0.2) is 0 Å². The smallest absolute Gasteiger partial charge is 0.263 e. The fourth-order valence-electron chi connectivity index (χ4n) is 3.54. The molecule has 2 aliphatic rings. The molecule has 150 valence electrons. The van der Waals surface area contributed by atoms with E-state index in [9.17, 15) is 18.0 Å². The molecule has 4 rings (SSSR count). The van der Waals surface area contributed by atoms with Gasteiger partial charge in [0, 0.05) is 30.4 Å². The van der Waals surface area contributed by atoms with E-state index in [0.717, 1.165) is 17.7 Å². The molecule has 2 aromatic rings. The number of amidine groups is 1. The first kappa shape index (κ1) is 19.1. The lowest BCUT2D eigenvalue weighted by molar-refractivity contribution is -0.117. The van der Waals surface area contributed by atoms with Crippen molar-refractivity contribution >= 4 is 39.0 Å². The molecule has 8 nitrogen and oxygen atoms in total. The Hall–Kier alpha value is -3.20. The van der Waals surface area contributed by atoms with Gasteiger partial charge >= 0.3 is 0 Å². The van der Waals surface area contributed by atoms with Crippen molar-refractivity contribution < 1.29 is 18.0 Å². The Balaban J connectivity index is 1.52. The second kappa shape index (κ2) is 7.00. The second-order valence-corrected chi connectivity index (χ2v) is 8.66. The van der Waals surface area contributed by atoms with Crippen molar-refractivity contribution in [3.05, 3.63) is 53.6 Å². The summed E-state index contributed by atoms with van der Waals surface area (Å²) in [6.07, 6.45) is 0.731. The molecule has 0 unspecified atom stereocenters. The first-order valence-corrected chi connectivity index (χ1v) is 10.7. The number of benzene rings is 2. The van der Waals surface area contributed by atoms with Crippen LogP contribution in [0.5, 0.6) is 0 Å². The van der Waals surface area contributed by atoms with Crippen molar-refractivity contribution in [2.24, 2.45) is 4.99 Å². The number of nitrogens with zero attached hydrogens (tertiary/aromatic N) is 2. The van der Waals surface area contributed by atoms with E-state index in [-0.39, 0.29) is 22.5 Å². The first-order valence-electron chi connectivity index (χ1n) is 9.18. The monoisotopic (exact) mass is 412 g/mol. The number of fused-ring (bicyclic) bond motifs is 2. The predicted octanol–water partition coefficient (Wildman–Crippen LogP) is 1.66. The highest BCUT2D eigenvalue weighted by atomic mass is 32.2. The van der Waals surface area contributed by atoms with Crippen LogP contribution in [-0.2, 0) is 26.0 Å². The second-order valence-electron chi connectivity index (χ2n) is 7.01. The minimum Gasteiger partial charge on any atom is -0.324 e. The fraction of sp³-hybridized carbons (Fsp3) is 0.250. The van der Waals surface area contributed by atoms with Crippen LogP contribution in [0.1, 0.15) is 25.0 Å². The number of carbonyl (C=O) groups is 2. The molecule has 0 radical (unpaired) electrons. The minimum absolute atomic E-state index is 0.00993. The summed E-state index contributed by atoms with van der Waals surface area (Å²) >= 11 is 0. The number of hydrogen-bond donors (Lipinski definition) is 2. The summed E-state index contributed by atoms with van der Waals surface area (Å²) in [6.45, 7) is 3.76. The van der Waals surface area contributed by atoms with Gasteiger partial charge < -0.3 is 10.2 Å². The Morgan fingerprint density at radius 1 is 1.21 bits per heavy atom. The Labute approximate surface area is 168 Å². The standard InChI is InChI=1S/C20H20N4O4S/c1-12(21-19-16-5-3-4-6-18(16)29(27,28)23-19)20(26)22-15-7-8-17-14(11-15)9-10-24(17)13(2)25/h3-8,11-12H,9-10H2,1-2H3,(H,21,23)(H,22,26)/t12-/m0/s1. The third kappa shape index (κ3) is 3.49. The van der Waals surface area contributed by atoms with Gasteiger partial charge in [-0.15, -0.1) is 0 Å². The first-order chi connectivity index (χ1) is 13.8. The molecule has 0 saturated heterocycles. The molecule has 29 heavy (non-hydrogen) atoms. The summed E-state index contributed by atoms with van der Waals surface area (Å²) in [4.78, 5) is 30.4. The van der Waals surface area contributed by atoms with Crippen LogP contribution in [0.3, 0.4) is 0 Å². The molecule has 0 saturated carbocycles. The number of rotatable bonds is 3. The predicted molar refractivity (Wildman–Crippen MR) is 110 cm³/mol. The van der Waals surface area contributed by atoms with Crippen LogP contribution in [0.25, 0.3) is 0 Å². The maximum absolute atomic E-state index is 12.6. The molecule has 0 bridgehead atoms. The number of amides is 2. The van der Waals surface area contributed by atoms with Crippen molar-refractivity contribution in [3.8, 4) is 0 Å². The van der Waals surface area contributed by atoms with E-state index < -0.39 is 16.1 Å². The van der Waals surface area contributed by atoms with Gasteiger partial charge in [0.1, 0.15) is 11.9 Å². The molecule has 0 aromatic heterocycles. The lowest BCUT2D eigenvalue weighted by Crippen LogP contribution is -2.29. The maximum Gasteiger partial charge on any atom is 0.263 e. The van der Waals surface area contributed by atoms with Gasteiger partial charge in [-0.1, -0.05) is 12.1 Å². The van der Waals surface area contributed by atoms with Gasteiger partial charge in [-0.05, 0) is 49.2 Å². The highest BCUT2D eigenvalue weighted by Crippen LogP contribution is 2.30. The zero-order valence-electron chi connectivity index (χ0n) is 16.0. The largest absolute Gasteiger partial charge is 0.324 e. The molecule has 1 atom stereocenters. The molecular weight excluding hydrogens is 392 g/mol. The molecule has 2 aliphatic heterocycles. The average molecular weight is 412 g/mol. The van der Waals surface area contributed by atoms with E-state index in [1.807, 2.05) is 12.1 Å². The number of carbonyl (C=O) groups excluding carboxylic acids is 2. The van der Waals surface area contributed by atoms with E-state index in [0.29, 0.717) is 17.8 Å². The normalized spacial score (nSPS) is 18.7.